The van der Waals surface area contributed by atoms with Gasteiger partial charge in [0.25, 0.3) is 0 Å². The van der Waals surface area contributed by atoms with Crippen molar-refractivity contribution in [3.05, 3.63) is 194 Å². The van der Waals surface area contributed by atoms with Gasteiger partial charge in [-0.15, -0.1) is 11.3 Å². The molecule has 2 heterocycles. The van der Waals surface area contributed by atoms with Crippen molar-refractivity contribution in [3.8, 4) is 44.1 Å². The number of thiophene rings is 1. The zero-order chi connectivity index (χ0) is 35.1. The average Bonchev–Trinajstić information content (AvgIpc) is 3.87. The number of rotatable bonds is 7. The number of oxazole rings is 1. The second kappa shape index (κ2) is 13.1. The lowest BCUT2D eigenvalue weighted by molar-refractivity contribution is 0.620. The lowest BCUT2D eigenvalue weighted by Gasteiger charge is -2.26. The van der Waals surface area contributed by atoms with Gasteiger partial charge in [0.2, 0.25) is 5.89 Å². The Balaban J connectivity index is 0.980. The van der Waals surface area contributed by atoms with Crippen LogP contribution in [0.15, 0.2) is 199 Å². The predicted octanol–water partition coefficient (Wildman–Crippen LogP) is 14.3. The molecule has 2 aromatic heterocycles. The summed E-state index contributed by atoms with van der Waals surface area (Å²) in [5.41, 5.74) is 11.8. The molecule has 0 N–H and O–H groups in total. The monoisotopic (exact) mass is 696 g/mol. The van der Waals surface area contributed by atoms with Crippen LogP contribution in [0.25, 0.3) is 76.1 Å². The fraction of sp³-hybridized carbons (Fsp3) is 0. The van der Waals surface area contributed by atoms with Crippen molar-refractivity contribution in [2.75, 3.05) is 4.90 Å². The Morgan fingerprint density at radius 1 is 0.396 bits per heavy atom. The smallest absolute Gasteiger partial charge is 0.227 e. The Kier molecular flexibility index (Phi) is 7.67. The Bertz CT molecular complexity index is 2800. The van der Waals surface area contributed by atoms with Crippen LogP contribution in [0.5, 0.6) is 0 Å². The van der Waals surface area contributed by atoms with E-state index in [-0.39, 0.29) is 0 Å². The molecule has 0 aliphatic carbocycles. The van der Waals surface area contributed by atoms with Crippen molar-refractivity contribution in [2.24, 2.45) is 0 Å². The maximum absolute atomic E-state index is 6.08. The molecular formula is C49H32N2OS. The molecule has 0 aliphatic heterocycles. The fourth-order valence-corrected chi connectivity index (χ4v) is 8.19. The first-order valence-corrected chi connectivity index (χ1v) is 18.6. The molecule has 0 aliphatic rings. The molecule has 3 nitrogen and oxygen atoms in total. The van der Waals surface area contributed by atoms with Gasteiger partial charge in [0, 0.05) is 32.2 Å². The normalized spacial score (nSPS) is 11.4. The third-order valence-corrected chi connectivity index (χ3v) is 11.1. The molecule has 0 fully saturated rings. The van der Waals surface area contributed by atoms with E-state index in [0.29, 0.717) is 5.89 Å². The summed E-state index contributed by atoms with van der Waals surface area (Å²) in [7, 11) is 0. The topological polar surface area (TPSA) is 29.3 Å². The molecule has 0 spiro atoms. The van der Waals surface area contributed by atoms with E-state index in [4.69, 9.17) is 9.40 Å². The van der Waals surface area contributed by atoms with Crippen LogP contribution in [-0.2, 0) is 0 Å². The van der Waals surface area contributed by atoms with Gasteiger partial charge in [-0.2, -0.15) is 0 Å². The van der Waals surface area contributed by atoms with E-state index in [2.05, 4.69) is 175 Å². The molecule has 0 saturated carbocycles. The van der Waals surface area contributed by atoms with Crippen LogP contribution in [-0.4, -0.2) is 4.98 Å². The molecule has 0 amide bonds. The molecular weight excluding hydrogens is 665 g/mol. The average molecular weight is 697 g/mol. The van der Waals surface area contributed by atoms with Crippen LogP contribution in [0.4, 0.5) is 17.1 Å². The van der Waals surface area contributed by atoms with Gasteiger partial charge in [-0.05, 0) is 123 Å². The minimum Gasteiger partial charge on any atom is -0.436 e. The Hall–Kier alpha value is -6.75. The Labute approximate surface area is 311 Å². The minimum atomic E-state index is 0.617. The summed E-state index contributed by atoms with van der Waals surface area (Å²) in [5, 5.41) is 3.78. The summed E-state index contributed by atoms with van der Waals surface area (Å²) < 4.78 is 7.40. The van der Waals surface area contributed by atoms with Crippen LogP contribution in [0.3, 0.4) is 0 Å². The van der Waals surface area contributed by atoms with Crippen molar-refractivity contribution < 1.29 is 4.42 Å². The summed E-state index contributed by atoms with van der Waals surface area (Å²) in [5.74, 6) is 0.617. The van der Waals surface area contributed by atoms with Crippen LogP contribution in [0.2, 0.25) is 0 Å². The number of benzene rings is 8. The second-order valence-electron chi connectivity index (χ2n) is 13.3. The largest absolute Gasteiger partial charge is 0.436 e. The van der Waals surface area contributed by atoms with Crippen molar-refractivity contribution >= 4 is 60.4 Å². The first kappa shape index (κ1) is 31.0. The molecule has 0 saturated heterocycles. The van der Waals surface area contributed by atoms with Crippen LogP contribution in [0.1, 0.15) is 0 Å². The Morgan fingerprint density at radius 2 is 0.906 bits per heavy atom. The van der Waals surface area contributed by atoms with Gasteiger partial charge < -0.3 is 9.32 Å². The van der Waals surface area contributed by atoms with Gasteiger partial charge in [0.15, 0.2) is 5.58 Å². The number of nitrogens with zero attached hydrogens (tertiary/aromatic N) is 2. The number of fused-ring (bicyclic) bond motifs is 3. The zero-order valence-corrected chi connectivity index (χ0v) is 29.5. The molecule has 0 unspecified atom stereocenters. The van der Waals surface area contributed by atoms with Gasteiger partial charge >= 0.3 is 0 Å². The highest BCUT2D eigenvalue weighted by atomic mass is 32.1. The summed E-state index contributed by atoms with van der Waals surface area (Å²) in [4.78, 5) is 8.31. The summed E-state index contributed by atoms with van der Waals surface area (Å²) in [6, 6.07) is 69.0. The van der Waals surface area contributed by atoms with Crippen LogP contribution in [0, 0.1) is 0 Å². The Morgan fingerprint density at radius 3 is 1.57 bits per heavy atom. The third kappa shape index (κ3) is 5.95. The van der Waals surface area contributed by atoms with E-state index < -0.39 is 0 Å². The molecule has 0 atom stereocenters. The number of para-hydroxylation sites is 2. The van der Waals surface area contributed by atoms with E-state index in [1.807, 2.05) is 35.6 Å². The van der Waals surface area contributed by atoms with Gasteiger partial charge in [-0.3, -0.25) is 0 Å². The van der Waals surface area contributed by atoms with Gasteiger partial charge in [-0.25, -0.2) is 4.98 Å². The van der Waals surface area contributed by atoms with Crippen molar-refractivity contribution in [2.45, 2.75) is 0 Å². The maximum Gasteiger partial charge on any atom is 0.227 e. The first-order chi connectivity index (χ1) is 26.2. The van der Waals surface area contributed by atoms with E-state index in [1.165, 1.54) is 53.6 Å². The number of hydrogen-bond acceptors (Lipinski definition) is 4. The fourth-order valence-electron chi connectivity index (χ4n) is 7.12. The second-order valence-corrected chi connectivity index (χ2v) is 14.3. The molecule has 8 aromatic carbocycles. The van der Waals surface area contributed by atoms with Crippen molar-refractivity contribution in [1.82, 2.24) is 4.98 Å². The van der Waals surface area contributed by atoms with E-state index in [0.717, 1.165) is 33.7 Å². The predicted molar refractivity (Wildman–Crippen MR) is 223 cm³/mol. The zero-order valence-electron chi connectivity index (χ0n) is 28.7. The standard InChI is InChI=1S/C49H32N2OS/c1-2-8-39-31-40(18-15-33(39)7-1)36-21-27-43(28-22-36)51(44-29-23-38(24-30-44)49-50-45-10-4-5-11-46(45)52-49)42-25-19-35(20-26-42)34-13-16-37(17-14-34)48-32-41-9-3-6-12-47(41)53-48/h1-32H. The lowest BCUT2D eigenvalue weighted by Crippen LogP contribution is -2.09. The number of hydrogen-bond donors (Lipinski definition) is 0. The van der Waals surface area contributed by atoms with E-state index in [9.17, 15) is 0 Å². The summed E-state index contributed by atoms with van der Waals surface area (Å²) in [6.45, 7) is 0. The minimum absolute atomic E-state index is 0.617. The molecule has 53 heavy (non-hydrogen) atoms. The van der Waals surface area contributed by atoms with Crippen molar-refractivity contribution in [1.29, 1.82) is 0 Å². The highest BCUT2D eigenvalue weighted by Crippen LogP contribution is 2.39. The number of aromatic nitrogens is 1. The molecule has 0 bridgehead atoms. The maximum atomic E-state index is 6.08. The van der Waals surface area contributed by atoms with Crippen LogP contribution >= 0.6 is 11.3 Å². The molecule has 10 aromatic rings. The SMILES string of the molecule is c1ccc2cc(-c3ccc(N(c4ccc(-c5ccc(-c6cc7ccccc7s6)cc5)cc4)c4ccc(-c5nc6ccccc6o5)cc4)cc3)ccc2c1. The number of anilines is 3. The third-order valence-electron chi connectivity index (χ3n) is 9.93. The summed E-state index contributed by atoms with van der Waals surface area (Å²) >= 11 is 1.84. The molecule has 4 heteroatoms. The highest BCUT2D eigenvalue weighted by Gasteiger charge is 2.15. The lowest BCUT2D eigenvalue weighted by atomic mass is 10.0. The van der Waals surface area contributed by atoms with Gasteiger partial charge in [0.05, 0.1) is 0 Å². The molecule has 0 radical (unpaired) electrons. The summed E-state index contributed by atoms with van der Waals surface area (Å²) in [6.07, 6.45) is 0. The van der Waals surface area contributed by atoms with Gasteiger partial charge in [-0.1, -0.05) is 115 Å². The first-order valence-electron chi connectivity index (χ1n) is 17.8. The molecule has 10 rings (SSSR count). The van der Waals surface area contributed by atoms with E-state index >= 15 is 0 Å². The highest BCUT2D eigenvalue weighted by molar-refractivity contribution is 7.22. The van der Waals surface area contributed by atoms with Gasteiger partial charge in [0.1, 0.15) is 5.52 Å². The van der Waals surface area contributed by atoms with Crippen molar-refractivity contribution in [3.63, 3.8) is 0 Å². The van der Waals surface area contributed by atoms with E-state index in [1.54, 1.807) is 0 Å². The van der Waals surface area contributed by atoms with Crippen LogP contribution < -0.4 is 4.90 Å². The molecule has 250 valence electrons. The quantitative estimate of drug-likeness (QED) is 0.166.